The fourth-order valence-electron chi connectivity index (χ4n) is 3.81. The quantitative estimate of drug-likeness (QED) is 0.647. The molecular formula is C21H24N4O2. The van der Waals surface area contributed by atoms with E-state index in [0.29, 0.717) is 12.8 Å². The summed E-state index contributed by atoms with van der Waals surface area (Å²) in [4.78, 5) is 13.1. The number of hydrogen-bond donors (Lipinski definition) is 3. The van der Waals surface area contributed by atoms with E-state index in [9.17, 15) is 9.90 Å². The highest BCUT2D eigenvalue weighted by Crippen LogP contribution is 2.27. The predicted molar refractivity (Wildman–Crippen MR) is 104 cm³/mol. The first-order valence-corrected chi connectivity index (χ1v) is 9.35. The van der Waals surface area contributed by atoms with Gasteiger partial charge in [0.1, 0.15) is 5.54 Å². The fraction of sp³-hybridized carbons (Fsp3) is 0.333. The van der Waals surface area contributed by atoms with Gasteiger partial charge in [0.25, 0.3) is 0 Å². The van der Waals surface area contributed by atoms with Gasteiger partial charge in [-0.05, 0) is 54.4 Å². The molecule has 4 rings (SSSR count). The van der Waals surface area contributed by atoms with E-state index in [-0.39, 0.29) is 12.5 Å². The summed E-state index contributed by atoms with van der Waals surface area (Å²) in [6, 6.07) is 15.7. The number of rotatable bonds is 5. The summed E-state index contributed by atoms with van der Waals surface area (Å²) in [5.41, 5.74) is 0.102. The average molecular weight is 364 g/mol. The van der Waals surface area contributed by atoms with Gasteiger partial charge in [-0.1, -0.05) is 36.4 Å². The molecule has 1 aliphatic heterocycles. The van der Waals surface area contributed by atoms with E-state index < -0.39 is 11.6 Å². The molecule has 0 aliphatic carbocycles. The molecule has 1 unspecified atom stereocenters. The first-order valence-electron chi connectivity index (χ1n) is 9.35. The van der Waals surface area contributed by atoms with Gasteiger partial charge in [-0.25, -0.2) is 0 Å². The topological polar surface area (TPSA) is 79.2 Å². The molecule has 1 atom stereocenters. The summed E-state index contributed by atoms with van der Waals surface area (Å²) in [5, 5.41) is 23.4. The van der Waals surface area contributed by atoms with Gasteiger partial charge < -0.3 is 15.7 Å². The van der Waals surface area contributed by atoms with Crippen LogP contribution in [-0.4, -0.2) is 40.4 Å². The zero-order valence-corrected chi connectivity index (χ0v) is 15.1. The number of piperidine rings is 1. The van der Waals surface area contributed by atoms with Crippen LogP contribution in [0.15, 0.2) is 60.9 Å². The van der Waals surface area contributed by atoms with Gasteiger partial charge in [-0.3, -0.25) is 9.48 Å². The van der Waals surface area contributed by atoms with E-state index in [1.807, 2.05) is 54.7 Å². The molecule has 3 aromatic rings. The third-order valence-electron chi connectivity index (χ3n) is 5.41. The van der Waals surface area contributed by atoms with Crippen LogP contribution in [0, 0.1) is 0 Å². The largest absolute Gasteiger partial charge is 0.387 e. The number of hydrogen-bond acceptors (Lipinski definition) is 4. The van der Waals surface area contributed by atoms with Crippen molar-refractivity contribution in [3.63, 3.8) is 0 Å². The molecule has 1 saturated heterocycles. The second-order valence-corrected chi connectivity index (χ2v) is 7.06. The van der Waals surface area contributed by atoms with Crippen LogP contribution in [0.2, 0.25) is 0 Å². The minimum Gasteiger partial charge on any atom is -0.387 e. The standard InChI is InChI=1S/C21H24N4O2/c26-19(18-7-6-16-4-1-2-5-17(16)14-18)15-23-20(27)21(8-11-22-12-9-21)25-13-3-10-24-25/h1-7,10,13-14,19,22,26H,8-9,11-12,15H2,(H,23,27). The van der Waals surface area contributed by atoms with E-state index in [4.69, 9.17) is 0 Å². The van der Waals surface area contributed by atoms with E-state index in [2.05, 4.69) is 15.7 Å². The van der Waals surface area contributed by atoms with Crippen molar-refractivity contribution >= 4 is 16.7 Å². The molecule has 1 aliphatic rings. The number of nitrogens with one attached hydrogen (secondary N) is 2. The molecule has 2 heterocycles. The van der Waals surface area contributed by atoms with Crippen molar-refractivity contribution in [2.45, 2.75) is 24.5 Å². The van der Waals surface area contributed by atoms with Crippen molar-refractivity contribution in [1.82, 2.24) is 20.4 Å². The van der Waals surface area contributed by atoms with E-state index in [1.165, 1.54) is 0 Å². The second kappa shape index (κ2) is 7.50. The van der Waals surface area contributed by atoms with Crippen molar-refractivity contribution in [2.75, 3.05) is 19.6 Å². The Morgan fingerprint density at radius 1 is 1.19 bits per heavy atom. The van der Waals surface area contributed by atoms with Crippen LogP contribution >= 0.6 is 0 Å². The molecule has 27 heavy (non-hydrogen) atoms. The molecule has 0 bridgehead atoms. The lowest BCUT2D eigenvalue weighted by atomic mass is 9.87. The van der Waals surface area contributed by atoms with Crippen LogP contribution < -0.4 is 10.6 Å². The number of aliphatic hydroxyl groups is 1. The van der Waals surface area contributed by atoms with Crippen molar-refractivity contribution in [2.24, 2.45) is 0 Å². The van der Waals surface area contributed by atoms with E-state index >= 15 is 0 Å². The Hall–Kier alpha value is -2.70. The van der Waals surface area contributed by atoms with Gasteiger partial charge in [0, 0.05) is 18.9 Å². The second-order valence-electron chi connectivity index (χ2n) is 7.06. The Balaban J connectivity index is 1.48. The first-order chi connectivity index (χ1) is 13.2. The van der Waals surface area contributed by atoms with Crippen molar-refractivity contribution in [3.05, 3.63) is 66.5 Å². The SMILES string of the molecule is O=C(NCC(O)c1ccc2ccccc2c1)C1(n2cccn2)CCNCC1. The smallest absolute Gasteiger partial charge is 0.248 e. The molecule has 140 valence electrons. The number of aliphatic hydroxyl groups excluding tert-OH is 1. The summed E-state index contributed by atoms with van der Waals surface area (Å²) in [6.07, 6.45) is 4.13. The van der Waals surface area contributed by atoms with Crippen molar-refractivity contribution in [1.29, 1.82) is 0 Å². The number of carbonyl (C=O) groups is 1. The minimum atomic E-state index is -0.755. The minimum absolute atomic E-state index is 0.0902. The maximum absolute atomic E-state index is 13.1. The van der Waals surface area contributed by atoms with Gasteiger partial charge in [0.05, 0.1) is 6.10 Å². The molecule has 6 heteroatoms. The molecule has 0 spiro atoms. The van der Waals surface area contributed by atoms with Crippen LogP contribution in [0.1, 0.15) is 24.5 Å². The predicted octanol–water partition coefficient (Wildman–Crippen LogP) is 1.96. The lowest BCUT2D eigenvalue weighted by Gasteiger charge is -2.36. The summed E-state index contributed by atoms with van der Waals surface area (Å²) < 4.78 is 1.76. The average Bonchev–Trinajstić information content (AvgIpc) is 3.27. The fourth-order valence-corrected chi connectivity index (χ4v) is 3.81. The van der Waals surface area contributed by atoms with E-state index in [1.54, 1.807) is 10.9 Å². The van der Waals surface area contributed by atoms with Gasteiger partial charge in [0.15, 0.2) is 0 Å². The molecule has 2 aromatic carbocycles. The van der Waals surface area contributed by atoms with Crippen LogP contribution in [-0.2, 0) is 10.3 Å². The molecule has 1 amide bonds. The maximum atomic E-state index is 13.1. The Bertz CT molecular complexity index is 917. The Kier molecular flexibility index (Phi) is 4.92. The van der Waals surface area contributed by atoms with Crippen molar-refractivity contribution < 1.29 is 9.90 Å². The molecule has 3 N–H and O–H groups in total. The van der Waals surface area contributed by atoms with Crippen molar-refractivity contribution in [3.8, 4) is 0 Å². The Labute approximate surface area is 158 Å². The summed E-state index contributed by atoms with van der Waals surface area (Å²) in [5.74, 6) is -0.0902. The van der Waals surface area contributed by atoms with Crippen LogP contribution in [0.5, 0.6) is 0 Å². The lowest BCUT2D eigenvalue weighted by Crippen LogP contribution is -2.55. The Morgan fingerprint density at radius 2 is 1.96 bits per heavy atom. The molecular weight excluding hydrogens is 340 g/mol. The van der Waals surface area contributed by atoms with Crippen LogP contribution in [0.25, 0.3) is 10.8 Å². The first kappa shape index (κ1) is 17.7. The highest BCUT2D eigenvalue weighted by atomic mass is 16.3. The highest BCUT2D eigenvalue weighted by Gasteiger charge is 2.41. The van der Waals surface area contributed by atoms with Gasteiger partial charge in [0.2, 0.25) is 5.91 Å². The molecule has 0 radical (unpaired) electrons. The third-order valence-corrected chi connectivity index (χ3v) is 5.41. The maximum Gasteiger partial charge on any atom is 0.248 e. The number of amides is 1. The summed E-state index contributed by atoms with van der Waals surface area (Å²) in [6.45, 7) is 1.70. The number of benzene rings is 2. The highest BCUT2D eigenvalue weighted by molar-refractivity contribution is 5.85. The monoisotopic (exact) mass is 364 g/mol. The van der Waals surface area contributed by atoms with Gasteiger partial charge in [-0.15, -0.1) is 0 Å². The van der Waals surface area contributed by atoms with Crippen LogP contribution in [0.4, 0.5) is 0 Å². The summed E-state index contributed by atoms with van der Waals surface area (Å²) in [7, 11) is 0. The van der Waals surface area contributed by atoms with Gasteiger partial charge in [-0.2, -0.15) is 5.10 Å². The number of aromatic nitrogens is 2. The normalized spacial score (nSPS) is 17.5. The summed E-state index contributed by atoms with van der Waals surface area (Å²) >= 11 is 0. The zero-order chi connectivity index (χ0) is 18.7. The zero-order valence-electron chi connectivity index (χ0n) is 15.1. The number of nitrogens with zero attached hydrogens (tertiary/aromatic N) is 2. The molecule has 0 saturated carbocycles. The van der Waals surface area contributed by atoms with Crippen LogP contribution in [0.3, 0.4) is 0 Å². The molecule has 6 nitrogen and oxygen atoms in total. The number of carbonyl (C=O) groups excluding carboxylic acids is 1. The molecule has 1 fully saturated rings. The molecule has 1 aromatic heterocycles. The third kappa shape index (κ3) is 3.46. The Morgan fingerprint density at radius 3 is 2.70 bits per heavy atom. The van der Waals surface area contributed by atoms with Gasteiger partial charge >= 0.3 is 0 Å². The lowest BCUT2D eigenvalue weighted by molar-refractivity contribution is -0.132. The number of fused-ring (bicyclic) bond motifs is 1. The van der Waals surface area contributed by atoms with E-state index in [0.717, 1.165) is 29.4 Å².